The molecule has 1 atom stereocenters. The third kappa shape index (κ3) is 5.36. The number of rotatable bonds is 8. The van der Waals surface area contributed by atoms with E-state index >= 15 is 0 Å². The minimum Gasteiger partial charge on any atom is -0.493 e. The van der Waals surface area contributed by atoms with E-state index in [2.05, 4.69) is 5.32 Å². The number of hydrogen-bond donors (Lipinski definition) is 1. The quantitative estimate of drug-likeness (QED) is 0.661. The molecule has 4 nitrogen and oxygen atoms in total. The summed E-state index contributed by atoms with van der Waals surface area (Å²) in [5, 5.41) is 2.89. The van der Waals surface area contributed by atoms with Gasteiger partial charge < -0.3 is 14.8 Å². The van der Waals surface area contributed by atoms with E-state index < -0.39 is 5.76 Å². The average Bonchev–Trinajstić information content (AvgIpc) is 2.62. The van der Waals surface area contributed by atoms with Crippen molar-refractivity contribution in [2.75, 3.05) is 13.7 Å². The van der Waals surface area contributed by atoms with Gasteiger partial charge in [0.1, 0.15) is 0 Å². The highest BCUT2D eigenvalue weighted by Gasteiger charge is 2.14. The molecule has 0 aliphatic heterocycles. The number of nitrogens with one attached hydrogen (secondary N) is 1. The molecule has 0 radical (unpaired) electrons. The van der Waals surface area contributed by atoms with Crippen LogP contribution in [-0.4, -0.2) is 25.4 Å². The maximum atomic E-state index is 12.4. The standard InChI is InChI=1S/C19H21F2NO3S/c1-4-25-16-10-7-14(11-17(16)24-3)12(2)22-18(23)13-5-8-15(9-6-13)26-19(20)21/h5-12,19H,4H2,1-3H3,(H,22,23). The van der Waals surface area contributed by atoms with Crippen molar-refractivity contribution in [2.45, 2.75) is 30.5 Å². The summed E-state index contributed by atoms with van der Waals surface area (Å²) in [6, 6.07) is 11.3. The highest BCUT2D eigenvalue weighted by molar-refractivity contribution is 7.99. The lowest BCUT2D eigenvalue weighted by molar-refractivity contribution is 0.0939. The maximum absolute atomic E-state index is 12.4. The molecule has 1 N–H and O–H groups in total. The summed E-state index contributed by atoms with van der Waals surface area (Å²) < 4.78 is 35.5. The predicted octanol–water partition coefficient (Wildman–Crippen LogP) is 4.90. The zero-order valence-electron chi connectivity index (χ0n) is 14.8. The Morgan fingerprint density at radius 1 is 1.15 bits per heavy atom. The molecule has 140 valence electrons. The van der Waals surface area contributed by atoms with E-state index in [1.807, 2.05) is 26.0 Å². The summed E-state index contributed by atoms with van der Waals surface area (Å²) in [6.45, 7) is 4.27. The Hall–Kier alpha value is -2.28. The number of methoxy groups -OCH3 is 1. The molecular weight excluding hydrogens is 360 g/mol. The molecule has 2 aromatic carbocycles. The third-order valence-electron chi connectivity index (χ3n) is 3.68. The van der Waals surface area contributed by atoms with Crippen molar-refractivity contribution < 1.29 is 23.0 Å². The van der Waals surface area contributed by atoms with E-state index in [0.717, 1.165) is 5.56 Å². The predicted molar refractivity (Wildman–Crippen MR) is 98.3 cm³/mol. The Morgan fingerprint density at radius 2 is 1.85 bits per heavy atom. The van der Waals surface area contributed by atoms with Crippen LogP contribution in [0.15, 0.2) is 47.4 Å². The Kier molecular flexibility index (Phi) is 7.26. The molecular formula is C19H21F2NO3S. The molecule has 0 saturated heterocycles. The highest BCUT2D eigenvalue weighted by atomic mass is 32.2. The summed E-state index contributed by atoms with van der Waals surface area (Å²) in [4.78, 5) is 12.8. The molecule has 2 aromatic rings. The van der Waals surface area contributed by atoms with Crippen LogP contribution in [0, 0.1) is 0 Å². The molecule has 0 aliphatic rings. The third-order valence-corrected chi connectivity index (χ3v) is 4.40. The number of carbonyl (C=O) groups is 1. The van der Waals surface area contributed by atoms with E-state index in [9.17, 15) is 13.6 Å². The minimum absolute atomic E-state index is 0.262. The second-order valence-corrected chi connectivity index (χ2v) is 6.50. The molecule has 0 saturated carbocycles. The summed E-state index contributed by atoms with van der Waals surface area (Å²) in [6.07, 6.45) is 0. The van der Waals surface area contributed by atoms with Gasteiger partial charge in [0.05, 0.1) is 19.8 Å². The molecule has 0 fully saturated rings. The lowest BCUT2D eigenvalue weighted by atomic mass is 10.1. The van der Waals surface area contributed by atoms with E-state index in [1.54, 1.807) is 13.2 Å². The smallest absolute Gasteiger partial charge is 0.288 e. The number of halogens is 2. The molecule has 26 heavy (non-hydrogen) atoms. The molecule has 1 unspecified atom stereocenters. The average molecular weight is 381 g/mol. The normalized spacial score (nSPS) is 11.9. The van der Waals surface area contributed by atoms with Gasteiger partial charge >= 0.3 is 0 Å². The van der Waals surface area contributed by atoms with Crippen molar-refractivity contribution in [2.24, 2.45) is 0 Å². The number of carbonyl (C=O) groups excluding carboxylic acids is 1. The second-order valence-electron chi connectivity index (χ2n) is 5.44. The molecule has 1 amide bonds. The lowest BCUT2D eigenvalue weighted by Gasteiger charge is -2.17. The van der Waals surface area contributed by atoms with Gasteiger partial charge in [0.15, 0.2) is 11.5 Å². The number of hydrogen-bond acceptors (Lipinski definition) is 4. The van der Waals surface area contributed by atoms with Crippen molar-refractivity contribution in [3.05, 3.63) is 53.6 Å². The van der Waals surface area contributed by atoms with Gasteiger partial charge in [-0.05, 0) is 55.8 Å². The van der Waals surface area contributed by atoms with Crippen LogP contribution < -0.4 is 14.8 Å². The molecule has 0 aliphatic carbocycles. The van der Waals surface area contributed by atoms with Gasteiger partial charge in [-0.2, -0.15) is 8.78 Å². The van der Waals surface area contributed by atoms with Crippen molar-refractivity contribution in [1.29, 1.82) is 0 Å². The van der Waals surface area contributed by atoms with Crippen LogP contribution in [0.5, 0.6) is 11.5 Å². The van der Waals surface area contributed by atoms with Crippen LogP contribution in [0.1, 0.15) is 35.8 Å². The van der Waals surface area contributed by atoms with Crippen LogP contribution in [0.4, 0.5) is 8.78 Å². The fourth-order valence-corrected chi connectivity index (χ4v) is 2.88. The Balaban J connectivity index is 2.06. The first kappa shape index (κ1) is 20.0. The molecule has 0 bridgehead atoms. The van der Waals surface area contributed by atoms with Crippen molar-refractivity contribution in [3.8, 4) is 11.5 Å². The monoisotopic (exact) mass is 381 g/mol. The van der Waals surface area contributed by atoms with E-state index in [-0.39, 0.29) is 11.9 Å². The SMILES string of the molecule is CCOc1ccc(C(C)NC(=O)c2ccc(SC(F)F)cc2)cc1OC. The maximum Gasteiger partial charge on any atom is 0.288 e. The number of benzene rings is 2. The van der Waals surface area contributed by atoms with Gasteiger partial charge in [-0.1, -0.05) is 17.8 Å². The largest absolute Gasteiger partial charge is 0.493 e. The van der Waals surface area contributed by atoms with Crippen LogP contribution in [0.25, 0.3) is 0 Å². The van der Waals surface area contributed by atoms with Gasteiger partial charge in [0.2, 0.25) is 0 Å². The van der Waals surface area contributed by atoms with Gasteiger partial charge in [0, 0.05) is 10.5 Å². The first-order chi connectivity index (χ1) is 12.4. The number of ether oxygens (including phenoxy) is 2. The van der Waals surface area contributed by atoms with Crippen molar-refractivity contribution >= 4 is 17.7 Å². The van der Waals surface area contributed by atoms with E-state index in [0.29, 0.717) is 40.3 Å². The first-order valence-corrected chi connectivity index (χ1v) is 8.99. The molecule has 2 rings (SSSR count). The molecule has 0 spiro atoms. The highest BCUT2D eigenvalue weighted by Crippen LogP contribution is 2.30. The summed E-state index contributed by atoms with van der Waals surface area (Å²) in [5.74, 6) is -1.52. The van der Waals surface area contributed by atoms with Crippen LogP contribution in [0.2, 0.25) is 0 Å². The van der Waals surface area contributed by atoms with Gasteiger partial charge in [-0.3, -0.25) is 4.79 Å². The van der Waals surface area contributed by atoms with Gasteiger partial charge in [-0.15, -0.1) is 0 Å². The Morgan fingerprint density at radius 3 is 2.42 bits per heavy atom. The summed E-state index contributed by atoms with van der Waals surface area (Å²) in [5.41, 5.74) is 1.27. The van der Waals surface area contributed by atoms with Crippen LogP contribution in [0.3, 0.4) is 0 Å². The number of amides is 1. The van der Waals surface area contributed by atoms with Gasteiger partial charge in [0.25, 0.3) is 11.7 Å². The first-order valence-electron chi connectivity index (χ1n) is 8.11. The Bertz CT molecular complexity index is 738. The number of alkyl halides is 2. The minimum atomic E-state index is -2.48. The molecule has 7 heteroatoms. The summed E-state index contributed by atoms with van der Waals surface area (Å²) >= 11 is 0.448. The Labute approximate surface area is 155 Å². The lowest BCUT2D eigenvalue weighted by Crippen LogP contribution is -2.26. The molecule has 0 heterocycles. The molecule has 0 aromatic heterocycles. The van der Waals surface area contributed by atoms with Crippen molar-refractivity contribution in [3.63, 3.8) is 0 Å². The fraction of sp³-hybridized carbons (Fsp3) is 0.316. The van der Waals surface area contributed by atoms with Crippen LogP contribution >= 0.6 is 11.8 Å². The topological polar surface area (TPSA) is 47.6 Å². The number of thioether (sulfide) groups is 1. The van der Waals surface area contributed by atoms with Crippen molar-refractivity contribution in [1.82, 2.24) is 5.32 Å². The second kappa shape index (κ2) is 9.43. The zero-order valence-corrected chi connectivity index (χ0v) is 15.6. The zero-order chi connectivity index (χ0) is 19.1. The van der Waals surface area contributed by atoms with E-state index in [4.69, 9.17) is 9.47 Å². The van der Waals surface area contributed by atoms with E-state index in [1.165, 1.54) is 24.3 Å². The van der Waals surface area contributed by atoms with Crippen LogP contribution in [-0.2, 0) is 0 Å². The fourth-order valence-electron chi connectivity index (χ4n) is 2.38. The summed E-state index contributed by atoms with van der Waals surface area (Å²) in [7, 11) is 1.56. The van der Waals surface area contributed by atoms with Gasteiger partial charge in [-0.25, -0.2) is 0 Å².